The maximum Gasteiger partial charge on any atom is 0.0613 e. The molecule has 0 aromatic carbocycles. The highest BCUT2D eigenvalue weighted by molar-refractivity contribution is 4.99. The van der Waals surface area contributed by atoms with E-state index < -0.39 is 0 Å². The van der Waals surface area contributed by atoms with Gasteiger partial charge in [0, 0.05) is 17.6 Å². The van der Waals surface area contributed by atoms with Crippen LogP contribution in [0.25, 0.3) is 0 Å². The number of hydrogen-bond donors (Lipinski definition) is 2. The molecule has 90 valence electrons. The van der Waals surface area contributed by atoms with Gasteiger partial charge in [-0.1, -0.05) is 6.92 Å². The van der Waals surface area contributed by atoms with Crippen LogP contribution in [0.2, 0.25) is 0 Å². The molecule has 2 unspecified atom stereocenters. The zero-order valence-corrected chi connectivity index (χ0v) is 10.6. The minimum absolute atomic E-state index is 0.0113. The van der Waals surface area contributed by atoms with Gasteiger partial charge in [-0.15, -0.1) is 0 Å². The van der Waals surface area contributed by atoms with E-state index in [4.69, 9.17) is 0 Å². The van der Waals surface area contributed by atoms with Crippen molar-refractivity contribution >= 4 is 0 Å². The molecule has 1 aliphatic carbocycles. The van der Waals surface area contributed by atoms with Crippen LogP contribution >= 0.6 is 0 Å². The largest absolute Gasteiger partial charge is 0.394 e. The lowest BCUT2D eigenvalue weighted by molar-refractivity contribution is 0.143. The molecular formula is C12H26N2O. The number of nitrogens with zero attached hydrogens (tertiary/aromatic N) is 1. The fraction of sp³-hybridized carbons (Fsp3) is 1.00. The maximum atomic E-state index is 9.50. The Morgan fingerprint density at radius 2 is 2.20 bits per heavy atom. The topological polar surface area (TPSA) is 35.5 Å². The first-order valence-corrected chi connectivity index (χ1v) is 6.12. The molecule has 0 bridgehead atoms. The van der Waals surface area contributed by atoms with Crippen LogP contribution in [-0.4, -0.2) is 47.8 Å². The summed E-state index contributed by atoms with van der Waals surface area (Å²) >= 11 is 0. The van der Waals surface area contributed by atoms with Crippen LogP contribution in [0.15, 0.2) is 0 Å². The highest BCUT2D eigenvalue weighted by Crippen LogP contribution is 2.32. The summed E-state index contributed by atoms with van der Waals surface area (Å²) in [5.74, 6) is 0. The van der Waals surface area contributed by atoms with Crippen molar-refractivity contribution < 1.29 is 5.11 Å². The second kappa shape index (κ2) is 5.28. The van der Waals surface area contributed by atoms with Crippen LogP contribution in [0.1, 0.15) is 40.0 Å². The van der Waals surface area contributed by atoms with Gasteiger partial charge in [-0.3, -0.25) is 0 Å². The van der Waals surface area contributed by atoms with Crippen LogP contribution < -0.4 is 5.32 Å². The summed E-state index contributed by atoms with van der Waals surface area (Å²) in [7, 11) is 2.19. The molecule has 0 heterocycles. The van der Waals surface area contributed by atoms with E-state index in [-0.39, 0.29) is 12.1 Å². The first-order valence-electron chi connectivity index (χ1n) is 6.12. The van der Waals surface area contributed by atoms with Gasteiger partial charge < -0.3 is 15.3 Å². The van der Waals surface area contributed by atoms with Gasteiger partial charge >= 0.3 is 0 Å². The van der Waals surface area contributed by atoms with Gasteiger partial charge in [0.15, 0.2) is 0 Å². The van der Waals surface area contributed by atoms with E-state index in [9.17, 15) is 5.11 Å². The minimum Gasteiger partial charge on any atom is -0.394 e. The normalized spacial score (nSPS) is 31.8. The molecule has 0 saturated heterocycles. The van der Waals surface area contributed by atoms with Crippen molar-refractivity contribution in [1.82, 2.24) is 10.2 Å². The van der Waals surface area contributed by atoms with Gasteiger partial charge in [-0.25, -0.2) is 0 Å². The SMILES string of the molecule is CCNC1(CO)CCC(N(C)C(C)C)C1. The number of nitrogens with one attached hydrogen (secondary N) is 1. The predicted molar refractivity (Wildman–Crippen MR) is 64.0 cm³/mol. The van der Waals surface area contributed by atoms with E-state index in [0.717, 1.165) is 19.4 Å². The molecule has 0 aliphatic heterocycles. The average Bonchev–Trinajstić information content (AvgIpc) is 2.62. The molecule has 0 spiro atoms. The van der Waals surface area contributed by atoms with E-state index in [2.05, 4.69) is 38.0 Å². The second-order valence-electron chi connectivity index (χ2n) is 5.12. The number of aliphatic hydroxyl groups is 1. The van der Waals surface area contributed by atoms with Gasteiger partial charge in [0.2, 0.25) is 0 Å². The zero-order chi connectivity index (χ0) is 11.5. The van der Waals surface area contributed by atoms with E-state index in [1.165, 1.54) is 6.42 Å². The molecule has 1 saturated carbocycles. The van der Waals surface area contributed by atoms with Crippen molar-refractivity contribution in [2.24, 2.45) is 0 Å². The highest BCUT2D eigenvalue weighted by Gasteiger charge is 2.39. The second-order valence-corrected chi connectivity index (χ2v) is 5.12. The Morgan fingerprint density at radius 1 is 1.53 bits per heavy atom. The van der Waals surface area contributed by atoms with Gasteiger partial charge in [0.1, 0.15) is 0 Å². The van der Waals surface area contributed by atoms with E-state index >= 15 is 0 Å². The molecule has 0 amide bonds. The van der Waals surface area contributed by atoms with E-state index in [1.807, 2.05) is 0 Å². The lowest BCUT2D eigenvalue weighted by Crippen LogP contribution is -2.48. The summed E-state index contributed by atoms with van der Waals surface area (Å²) in [6, 6.07) is 1.21. The summed E-state index contributed by atoms with van der Waals surface area (Å²) in [5, 5.41) is 13.0. The molecule has 1 aliphatic rings. The molecule has 3 nitrogen and oxygen atoms in total. The van der Waals surface area contributed by atoms with Crippen LogP contribution in [0, 0.1) is 0 Å². The third-order valence-electron chi connectivity index (χ3n) is 3.83. The Hall–Kier alpha value is -0.120. The van der Waals surface area contributed by atoms with Gasteiger partial charge in [0.05, 0.1) is 6.61 Å². The van der Waals surface area contributed by atoms with E-state index in [1.54, 1.807) is 0 Å². The average molecular weight is 214 g/mol. The van der Waals surface area contributed by atoms with Crippen molar-refractivity contribution in [2.45, 2.75) is 57.7 Å². The molecule has 1 fully saturated rings. The standard InChI is InChI=1S/C12H26N2O/c1-5-13-12(9-15)7-6-11(8-12)14(4)10(2)3/h10-11,13,15H,5-9H2,1-4H3. The van der Waals surface area contributed by atoms with Gasteiger partial charge in [0.25, 0.3) is 0 Å². The quantitative estimate of drug-likeness (QED) is 0.722. The van der Waals surface area contributed by atoms with Crippen LogP contribution in [-0.2, 0) is 0 Å². The highest BCUT2D eigenvalue weighted by atomic mass is 16.3. The zero-order valence-electron chi connectivity index (χ0n) is 10.6. The predicted octanol–water partition coefficient (Wildman–Crippen LogP) is 1.22. The Bertz CT molecular complexity index is 196. The molecular weight excluding hydrogens is 188 g/mol. The number of aliphatic hydroxyl groups excluding tert-OH is 1. The molecule has 0 aromatic rings. The Balaban J connectivity index is 2.56. The number of likely N-dealkylation sites (N-methyl/N-ethyl adjacent to an activating group) is 1. The Morgan fingerprint density at radius 3 is 2.67 bits per heavy atom. The van der Waals surface area contributed by atoms with Crippen molar-refractivity contribution in [3.8, 4) is 0 Å². The monoisotopic (exact) mass is 214 g/mol. The Kier molecular flexibility index (Phi) is 4.56. The van der Waals surface area contributed by atoms with Crippen molar-refractivity contribution in [3.63, 3.8) is 0 Å². The molecule has 0 radical (unpaired) electrons. The first-order chi connectivity index (χ1) is 7.04. The summed E-state index contributed by atoms with van der Waals surface area (Å²) in [4.78, 5) is 2.43. The molecule has 0 aromatic heterocycles. The summed E-state index contributed by atoms with van der Waals surface area (Å²) in [6.07, 6.45) is 3.37. The minimum atomic E-state index is -0.0113. The van der Waals surface area contributed by atoms with E-state index in [0.29, 0.717) is 12.1 Å². The van der Waals surface area contributed by atoms with Crippen molar-refractivity contribution in [2.75, 3.05) is 20.2 Å². The van der Waals surface area contributed by atoms with Crippen LogP contribution in [0.5, 0.6) is 0 Å². The van der Waals surface area contributed by atoms with Gasteiger partial charge in [-0.05, 0) is 46.7 Å². The fourth-order valence-corrected chi connectivity index (χ4v) is 2.60. The smallest absolute Gasteiger partial charge is 0.0613 e. The number of hydrogen-bond acceptors (Lipinski definition) is 3. The Labute approximate surface area is 93.9 Å². The first kappa shape index (κ1) is 12.9. The van der Waals surface area contributed by atoms with Crippen LogP contribution in [0.4, 0.5) is 0 Å². The van der Waals surface area contributed by atoms with Crippen LogP contribution in [0.3, 0.4) is 0 Å². The van der Waals surface area contributed by atoms with Crippen molar-refractivity contribution in [3.05, 3.63) is 0 Å². The van der Waals surface area contributed by atoms with Crippen molar-refractivity contribution in [1.29, 1.82) is 0 Å². The molecule has 2 atom stereocenters. The summed E-state index contributed by atoms with van der Waals surface area (Å²) in [5.41, 5.74) is -0.0113. The van der Waals surface area contributed by atoms with Gasteiger partial charge in [-0.2, -0.15) is 0 Å². The number of rotatable bonds is 5. The lowest BCUT2D eigenvalue weighted by Gasteiger charge is -2.32. The third kappa shape index (κ3) is 2.92. The maximum absolute atomic E-state index is 9.50. The molecule has 2 N–H and O–H groups in total. The summed E-state index contributed by atoms with van der Waals surface area (Å²) in [6.45, 7) is 7.78. The molecule has 1 rings (SSSR count). The summed E-state index contributed by atoms with van der Waals surface area (Å²) < 4.78 is 0. The fourth-order valence-electron chi connectivity index (χ4n) is 2.60. The lowest BCUT2D eigenvalue weighted by atomic mass is 9.98. The molecule has 15 heavy (non-hydrogen) atoms. The third-order valence-corrected chi connectivity index (χ3v) is 3.83. The molecule has 3 heteroatoms.